The van der Waals surface area contributed by atoms with E-state index in [1.807, 2.05) is 13.8 Å². The smallest absolute Gasteiger partial charge is 0.209 e. The van der Waals surface area contributed by atoms with Crippen molar-refractivity contribution in [2.45, 2.75) is 33.0 Å². The van der Waals surface area contributed by atoms with E-state index in [1.165, 1.54) is 0 Å². The van der Waals surface area contributed by atoms with Crippen molar-refractivity contribution in [1.82, 2.24) is 0 Å². The molecular formula is C8H19NO4S. The van der Waals surface area contributed by atoms with Crippen LogP contribution in [0.1, 0.15) is 26.7 Å². The fourth-order valence-corrected chi connectivity index (χ4v) is 1.61. The molecule has 0 aliphatic heterocycles. The van der Waals surface area contributed by atoms with E-state index in [0.29, 0.717) is 26.1 Å². The molecule has 0 aromatic carbocycles. The lowest BCUT2D eigenvalue weighted by Gasteiger charge is -2.16. The summed E-state index contributed by atoms with van der Waals surface area (Å²) in [4.78, 5) is 0. The Balaban J connectivity index is 3.70. The van der Waals surface area contributed by atoms with Gasteiger partial charge >= 0.3 is 0 Å². The number of nitrogens with two attached hydrogens (primary N) is 1. The lowest BCUT2D eigenvalue weighted by Crippen LogP contribution is -2.21. The molecule has 0 aliphatic rings. The Hall–Kier alpha value is -0.170. The first-order chi connectivity index (χ1) is 6.49. The molecule has 6 heteroatoms. The molecule has 2 N–H and O–H groups in total. The summed E-state index contributed by atoms with van der Waals surface area (Å²) in [6.07, 6.45) is 0.702. The number of hydrogen-bond acceptors (Lipinski definition) is 4. The molecule has 0 rings (SSSR count). The van der Waals surface area contributed by atoms with Crippen molar-refractivity contribution in [1.29, 1.82) is 0 Å². The number of rotatable bonds is 8. The highest BCUT2D eigenvalue weighted by molar-refractivity contribution is 7.89. The molecule has 0 aliphatic carbocycles. The van der Waals surface area contributed by atoms with E-state index in [9.17, 15) is 8.42 Å². The molecule has 14 heavy (non-hydrogen) atoms. The zero-order chi connectivity index (χ0) is 11.0. The molecular weight excluding hydrogens is 206 g/mol. The SMILES string of the molecule is CCOC(CCCS(N)(=O)=O)OCC. The first kappa shape index (κ1) is 13.8. The van der Waals surface area contributed by atoms with Crippen LogP contribution in [0.15, 0.2) is 0 Å². The van der Waals surface area contributed by atoms with Crippen molar-refractivity contribution < 1.29 is 17.9 Å². The monoisotopic (exact) mass is 225 g/mol. The summed E-state index contributed by atoms with van der Waals surface area (Å²) in [5.74, 6) is -0.0242. The molecule has 0 aromatic rings. The van der Waals surface area contributed by atoms with Crippen LogP contribution in [0, 0.1) is 0 Å². The Morgan fingerprint density at radius 1 is 1.21 bits per heavy atom. The largest absolute Gasteiger partial charge is 0.353 e. The van der Waals surface area contributed by atoms with Gasteiger partial charge in [-0.05, 0) is 26.7 Å². The molecule has 86 valence electrons. The number of sulfonamides is 1. The number of primary sulfonamides is 1. The molecule has 0 spiro atoms. The highest BCUT2D eigenvalue weighted by atomic mass is 32.2. The van der Waals surface area contributed by atoms with Gasteiger partial charge in [0.05, 0.1) is 5.75 Å². The minimum absolute atomic E-state index is 0.0242. The lowest BCUT2D eigenvalue weighted by molar-refractivity contribution is -0.139. The van der Waals surface area contributed by atoms with Gasteiger partial charge in [-0.15, -0.1) is 0 Å². The first-order valence-electron chi connectivity index (χ1n) is 4.73. The zero-order valence-corrected chi connectivity index (χ0v) is 9.55. The Kier molecular flexibility index (Phi) is 7.08. The van der Waals surface area contributed by atoms with E-state index in [1.54, 1.807) is 0 Å². The summed E-state index contributed by atoms with van der Waals surface area (Å²) in [6.45, 7) is 4.84. The van der Waals surface area contributed by atoms with Crippen LogP contribution in [0.25, 0.3) is 0 Å². The molecule has 0 unspecified atom stereocenters. The predicted octanol–water partition coefficient (Wildman–Crippen LogP) is 0.454. The lowest BCUT2D eigenvalue weighted by atomic mass is 10.3. The summed E-state index contributed by atoms with van der Waals surface area (Å²) in [6, 6.07) is 0. The minimum Gasteiger partial charge on any atom is -0.353 e. The Morgan fingerprint density at radius 3 is 2.07 bits per heavy atom. The van der Waals surface area contributed by atoms with Gasteiger partial charge in [0.15, 0.2) is 6.29 Å². The molecule has 0 aromatic heterocycles. The second-order valence-corrected chi connectivity index (χ2v) is 4.58. The van der Waals surface area contributed by atoms with Crippen LogP contribution in [-0.2, 0) is 19.5 Å². The van der Waals surface area contributed by atoms with Crippen LogP contribution >= 0.6 is 0 Å². The standard InChI is InChI=1S/C8H19NO4S/c1-3-12-8(13-4-2)6-5-7-14(9,10)11/h8H,3-7H2,1-2H3,(H2,9,10,11). The first-order valence-corrected chi connectivity index (χ1v) is 6.44. The van der Waals surface area contributed by atoms with Gasteiger partial charge in [-0.25, -0.2) is 13.6 Å². The van der Waals surface area contributed by atoms with E-state index in [0.717, 1.165) is 0 Å². The van der Waals surface area contributed by atoms with Gasteiger partial charge in [0.1, 0.15) is 0 Å². The van der Waals surface area contributed by atoms with Gasteiger partial charge in [0.25, 0.3) is 0 Å². The number of hydrogen-bond donors (Lipinski definition) is 1. The quantitative estimate of drug-likeness (QED) is 0.608. The average Bonchev–Trinajstić information content (AvgIpc) is 2.02. The van der Waals surface area contributed by atoms with Crippen molar-refractivity contribution in [2.24, 2.45) is 5.14 Å². The molecule has 0 saturated heterocycles. The molecule has 0 bridgehead atoms. The molecule has 0 saturated carbocycles. The van der Waals surface area contributed by atoms with Gasteiger partial charge in [0, 0.05) is 13.2 Å². The van der Waals surface area contributed by atoms with Crippen LogP contribution in [0.5, 0.6) is 0 Å². The predicted molar refractivity (Wildman–Crippen MR) is 54.2 cm³/mol. The molecule has 0 atom stereocenters. The fourth-order valence-electron chi connectivity index (χ4n) is 1.04. The molecule has 0 amide bonds. The molecule has 0 fully saturated rings. The van der Waals surface area contributed by atoms with Crippen molar-refractivity contribution in [2.75, 3.05) is 19.0 Å². The second-order valence-electron chi connectivity index (χ2n) is 2.85. The Labute approximate surface area is 85.6 Å². The van der Waals surface area contributed by atoms with E-state index < -0.39 is 10.0 Å². The molecule has 0 heterocycles. The van der Waals surface area contributed by atoms with Crippen molar-refractivity contribution in [3.8, 4) is 0 Å². The van der Waals surface area contributed by atoms with Crippen LogP contribution < -0.4 is 5.14 Å². The summed E-state index contributed by atoms with van der Waals surface area (Å²) >= 11 is 0. The summed E-state index contributed by atoms with van der Waals surface area (Å²) < 4.78 is 31.7. The average molecular weight is 225 g/mol. The van der Waals surface area contributed by atoms with Gasteiger partial charge in [0.2, 0.25) is 10.0 Å². The van der Waals surface area contributed by atoms with E-state index in [-0.39, 0.29) is 12.0 Å². The fraction of sp³-hybridized carbons (Fsp3) is 1.00. The van der Waals surface area contributed by atoms with Crippen LogP contribution in [0.4, 0.5) is 0 Å². The van der Waals surface area contributed by atoms with Crippen LogP contribution in [-0.4, -0.2) is 33.7 Å². The Bertz CT molecular complexity index is 221. The molecule has 5 nitrogen and oxygen atoms in total. The summed E-state index contributed by atoms with van der Waals surface area (Å²) in [5, 5.41) is 4.86. The highest BCUT2D eigenvalue weighted by Gasteiger charge is 2.09. The van der Waals surface area contributed by atoms with Gasteiger partial charge < -0.3 is 9.47 Å². The minimum atomic E-state index is -3.36. The zero-order valence-electron chi connectivity index (χ0n) is 8.73. The Morgan fingerprint density at radius 2 is 1.71 bits per heavy atom. The third kappa shape index (κ3) is 8.43. The van der Waals surface area contributed by atoms with E-state index >= 15 is 0 Å². The summed E-state index contributed by atoms with van der Waals surface area (Å²) in [5.41, 5.74) is 0. The number of ether oxygens (including phenoxy) is 2. The van der Waals surface area contributed by atoms with Crippen LogP contribution in [0.3, 0.4) is 0 Å². The highest BCUT2D eigenvalue weighted by Crippen LogP contribution is 2.05. The van der Waals surface area contributed by atoms with E-state index in [4.69, 9.17) is 14.6 Å². The van der Waals surface area contributed by atoms with Crippen molar-refractivity contribution in [3.05, 3.63) is 0 Å². The third-order valence-electron chi connectivity index (χ3n) is 1.57. The molecule has 0 radical (unpaired) electrons. The normalized spacial score (nSPS) is 12.3. The maximum absolute atomic E-state index is 10.6. The van der Waals surface area contributed by atoms with Crippen LogP contribution in [0.2, 0.25) is 0 Å². The maximum Gasteiger partial charge on any atom is 0.209 e. The second kappa shape index (κ2) is 7.17. The van der Waals surface area contributed by atoms with Gasteiger partial charge in [-0.3, -0.25) is 0 Å². The van der Waals surface area contributed by atoms with Gasteiger partial charge in [-0.2, -0.15) is 0 Å². The summed E-state index contributed by atoms with van der Waals surface area (Å²) in [7, 11) is -3.36. The maximum atomic E-state index is 10.6. The van der Waals surface area contributed by atoms with Gasteiger partial charge in [-0.1, -0.05) is 0 Å². The third-order valence-corrected chi connectivity index (χ3v) is 2.43. The van der Waals surface area contributed by atoms with Crippen molar-refractivity contribution >= 4 is 10.0 Å². The van der Waals surface area contributed by atoms with E-state index in [2.05, 4.69) is 0 Å². The topological polar surface area (TPSA) is 78.6 Å². The van der Waals surface area contributed by atoms with Crippen molar-refractivity contribution in [3.63, 3.8) is 0 Å².